The van der Waals surface area contributed by atoms with Gasteiger partial charge in [0.1, 0.15) is 11.2 Å². The topological polar surface area (TPSA) is 71.5 Å². The maximum atomic E-state index is 9.68. The third-order valence-corrected chi connectivity index (χ3v) is 14.1. The Bertz CT molecular complexity index is 5350. The summed E-state index contributed by atoms with van der Waals surface area (Å²) in [5.74, 6) is 0.425. The van der Waals surface area contributed by atoms with Gasteiger partial charge in [0.05, 0.1) is 77.4 Å². The van der Waals surface area contributed by atoms with E-state index in [1.807, 2.05) is 149 Å². The molecular weight excluding hydrogens is 871 g/mol. The molecule has 8 nitrogen and oxygen atoms in total. The summed E-state index contributed by atoms with van der Waals surface area (Å²) in [7, 11) is 0. The van der Waals surface area contributed by atoms with Crippen LogP contribution in [0.2, 0.25) is 0 Å². The molecule has 6 aromatic heterocycles. The lowest BCUT2D eigenvalue weighted by Gasteiger charge is -2.20. The lowest BCUT2D eigenvalue weighted by molar-refractivity contribution is 0.669. The second-order valence-corrected chi connectivity index (χ2v) is 17.7. The number of hydrogen-bond acceptors (Lipinski definition) is 4. The summed E-state index contributed by atoms with van der Waals surface area (Å²) in [6.07, 6.45) is 0. The summed E-state index contributed by atoms with van der Waals surface area (Å²) in [5, 5.41) is 7.48. The molecule has 0 radical (unpaired) electrons. The van der Waals surface area contributed by atoms with E-state index in [9.17, 15) is 5.48 Å². The maximum Gasteiger partial charge on any atom is 0.240 e. The minimum absolute atomic E-state index is 0.0634. The normalized spacial score (nSPS) is 13.8. The van der Waals surface area contributed by atoms with E-state index in [-0.39, 0.29) is 71.1 Å². The van der Waals surface area contributed by atoms with Crippen molar-refractivity contribution in [3.05, 3.63) is 224 Å². The number of para-hydroxylation sites is 8. The first-order valence-electron chi connectivity index (χ1n) is 27.3. The third kappa shape index (κ3) is 5.25. The van der Waals surface area contributed by atoms with E-state index in [1.165, 1.54) is 0 Å². The fourth-order valence-corrected chi connectivity index (χ4v) is 11.2. The van der Waals surface area contributed by atoms with Gasteiger partial charge in [-0.3, -0.25) is 9.13 Å². The molecule has 0 fully saturated rings. The number of benzene rings is 10. The Balaban J connectivity index is 1.15. The molecule has 0 bridgehead atoms. The van der Waals surface area contributed by atoms with Crippen molar-refractivity contribution >= 4 is 109 Å². The van der Waals surface area contributed by atoms with Crippen molar-refractivity contribution in [1.29, 1.82) is 0 Å². The number of furan rings is 1. The van der Waals surface area contributed by atoms with E-state index < -0.39 is 6.04 Å². The smallest absolute Gasteiger partial charge is 0.240 e. The summed E-state index contributed by atoms with van der Waals surface area (Å²) in [5.41, 5.74) is 7.86. The molecule has 0 amide bonds. The van der Waals surface area contributed by atoms with Crippen LogP contribution in [0.3, 0.4) is 0 Å². The minimum Gasteiger partial charge on any atom is -0.456 e. The summed E-state index contributed by atoms with van der Waals surface area (Å²) in [6.45, 7) is 0. The van der Waals surface area contributed by atoms with Crippen LogP contribution in [0.4, 0.5) is 0 Å². The highest BCUT2D eigenvalue weighted by Gasteiger charge is 2.28. The molecule has 6 heterocycles. The Hall–Kier alpha value is -9.79. The van der Waals surface area contributed by atoms with Crippen LogP contribution in [-0.2, 0) is 0 Å². The largest absolute Gasteiger partial charge is 0.456 e. The molecule has 0 unspecified atom stereocenters. The van der Waals surface area contributed by atoms with Crippen LogP contribution in [-0.4, -0.2) is 33.2 Å². The molecule has 16 aromatic rings. The fraction of sp³-hybridized carbons (Fsp3) is 0. The van der Waals surface area contributed by atoms with Crippen LogP contribution in [0.15, 0.2) is 229 Å². The van der Waals surface area contributed by atoms with Crippen molar-refractivity contribution in [2.24, 2.45) is 0 Å². The van der Waals surface area contributed by atoms with Crippen molar-refractivity contribution in [2.45, 2.75) is 0 Å². The molecule has 330 valence electrons. The van der Waals surface area contributed by atoms with E-state index in [2.05, 4.69) is 41.0 Å². The highest BCUT2D eigenvalue weighted by molar-refractivity contribution is 6.25. The minimum atomic E-state index is -0.411. The zero-order valence-electron chi connectivity index (χ0n) is 45.3. The van der Waals surface area contributed by atoms with Gasteiger partial charge in [-0.2, -0.15) is 15.0 Å². The monoisotopic (exact) mass is 915 g/mol. The highest BCUT2D eigenvalue weighted by atomic mass is 16.3. The number of rotatable bonds is 5. The van der Waals surface area contributed by atoms with Crippen molar-refractivity contribution in [2.75, 3.05) is 0 Å². The van der Waals surface area contributed by atoms with E-state index in [0.717, 1.165) is 60.0 Å². The van der Waals surface area contributed by atoms with Crippen molar-refractivity contribution < 1.29 is 15.4 Å². The zero-order chi connectivity index (χ0) is 53.3. The molecule has 0 saturated heterocycles. The van der Waals surface area contributed by atoms with Gasteiger partial charge in [0.25, 0.3) is 0 Å². The summed E-state index contributed by atoms with van der Waals surface area (Å²) < 4.78 is 88.2. The predicted molar refractivity (Wildman–Crippen MR) is 290 cm³/mol. The second kappa shape index (κ2) is 14.4. The predicted octanol–water partition coefficient (Wildman–Crippen LogP) is 15.8. The first-order valence-corrected chi connectivity index (χ1v) is 23.3. The summed E-state index contributed by atoms with van der Waals surface area (Å²) >= 11 is 0. The molecule has 0 spiro atoms. The summed E-state index contributed by atoms with van der Waals surface area (Å²) in [6, 6.07) is 54.7. The van der Waals surface area contributed by atoms with Gasteiger partial charge in [-0.25, -0.2) is 0 Å². The van der Waals surface area contributed by atoms with Gasteiger partial charge in [-0.15, -0.1) is 0 Å². The Labute approximate surface area is 415 Å². The van der Waals surface area contributed by atoms with Gasteiger partial charge in [0.15, 0.2) is 5.82 Å². The van der Waals surface area contributed by atoms with Crippen LogP contribution >= 0.6 is 0 Å². The second-order valence-electron chi connectivity index (χ2n) is 17.7. The quantitative estimate of drug-likeness (QED) is 0.172. The number of aromatic nitrogens is 7. The first-order chi connectivity index (χ1) is 38.6. The van der Waals surface area contributed by atoms with Crippen LogP contribution in [0.5, 0.6) is 0 Å². The van der Waals surface area contributed by atoms with Gasteiger partial charge in [0, 0.05) is 48.5 Å². The number of nitrogens with zero attached hydrogens (tertiary/aromatic N) is 7. The van der Waals surface area contributed by atoms with Crippen molar-refractivity contribution in [3.8, 4) is 34.7 Å². The van der Waals surface area contributed by atoms with Crippen LogP contribution < -0.4 is 0 Å². The van der Waals surface area contributed by atoms with E-state index in [4.69, 9.17) is 24.9 Å². The fourth-order valence-electron chi connectivity index (χ4n) is 11.2. The number of hydrogen-bond donors (Lipinski definition) is 0. The van der Waals surface area contributed by atoms with Gasteiger partial charge >= 0.3 is 0 Å². The Morgan fingerprint density at radius 1 is 0.324 bits per heavy atom. The van der Waals surface area contributed by atoms with Gasteiger partial charge in [-0.1, -0.05) is 152 Å². The third-order valence-electron chi connectivity index (χ3n) is 14.1. The highest BCUT2D eigenvalue weighted by Crippen LogP contribution is 2.45. The molecule has 0 aliphatic rings. The van der Waals surface area contributed by atoms with Crippen molar-refractivity contribution in [1.82, 2.24) is 33.2 Å². The SMILES string of the molecule is [2H]c1c([2H])c([2H])c2c(c1[2H])c1ccccc1n2-c1nc(-c2c(-n3c4ccccc4c4c([2H])c([2H])c([2H])c([2H])c43)cccc2-n2c3ccccc3c3ccc4oc5ccccc5c4c32)nc(-n2c3ccccc3c3ccccc32)n1. The molecular formula is C63H37N7O. The molecule has 0 aliphatic carbocycles. The lowest BCUT2D eigenvalue weighted by atomic mass is 10.1. The molecule has 0 atom stereocenters. The van der Waals surface area contributed by atoms with Gasteiger partial charge in [-0.05, 0) is 72.7 Å². The molecule has 0 saturated carbocycles. The molecule has 16 rings (SSSR count). The Kier molecular flexibility index (Phi) is 6.33. The average molecular weight is 916 g/mol. The maximum absolute atomic E-state index is 9.68. The van der Waals surface area contributed by atoms with Gasteiger partial charge < -0.3 is 13.6 Å². The van der Waals surface area contributed by atoms with Crippen LogP contribution in [0, 0.1) is 0 Å². The summed E-state index contributed by atoms with van der Waals surface area (Å²) in [4.78, 5) is 16.5. The van der Waals surface area contributed by atoms with E-state index in [0.29, 0.717) is 55.1 Å². The standard InChI is InChI=1S/C63H37N7O/c1-9-26-47-38(18-1)39-19-2-10-27-48(39)67(47)54-33-17-34-55(68-49-28-11-7-24-44(49)45-36-37-57-58(60(45)68)46-25-8-16-35-56(46)71-57)59(54)61-64-62(69-50-29-12-3-20-40(50)41-21-4-13-30-51(41)69)66-63(65-61)70-52-31-14-5-22-42(52)43-23-6-15-32-53(43)70/h1-37H/i1D,3D,9D,12D,18D,20D,26D,29D. The van der Waals surface area contributed by atoms with Crippen LogP contribution in [0.25, 0.3) is 144 Å². The zero-order valence-corrected chi connectivity index (χ0v) is 37.3. The van der Waals surface area contributed by atoms with Gasteiger partial charge in [0.2, 0.25) is 11.9 Å². The molecule has 10 aromatic carbocycles. The van der Waals surface area contributed by atoms with Crippen LogP contribution in [0.1, 0.15) is 11.0 Å². The van der Waals surface area contributed by atoms with Crippen molar-refractivity contribution in [3.63, 3.8) is 0 Å². The number of fused-ring (bicyclic) bond motifs is 16. The average Bonchev–Trinajstić information content (AvgIpc) is 3.81. The molecule has 8 heteroatoms. The van der Waals surface area contributed by atoms with E-state index >= 15 is 0 Å². The first kappa shape index (κ1) is 31.3. The van der Waals surface area contributed by atoms with E-state index in [1.54, 1.807) is 4.57 Å². The molecule has 71 heavy (non-hydrogen) atoms. The Morgan fingerprint density at radius 2 is 0.761 bits per heavy atom. The lowest BCUT2D eigenvalue weighted by Crippen LogP contribution is -2.12. The molecule has 0 aliphatic heterocycles. The molecule has 0 N–H and O–H groups in total. The Morgan fingerprint density at radius 3 is 1.35 bits per heavy atom.